The van der Waals surface area contributed by atoms with Crippen molar-refractivity contribution in [1.82, 2.24) is 4.90 Å². The van der Waals surface area contributed by atoms with Crippen LogP contribution in [0, 0.1) is 0 Å². The Morgan fingerprint density at radius 3 is 3.00 bits per heavy atom. The predicted molar refractivity (Wildman–Crippen MR) is 72.0 cm³/mol. The molecule has 1 aromatic heterocycles. The molecule has 2 aromatic rings. The second kappa shape index (κ2) is 4.68. The highest BCUT2D eigenvalue weighted by Gasteiger charge is 2.20. The minimum atomic E-state index is -0.392. The quantitative estimate of drug-likeness (QED) is 0.788. The fraction of sp³-hybridized carbons (Fsp3) is 0.357. The summed E-state index contributed by atoms with van der Waals surface area (Å²) in [5, 5.41) is 10.3. The highest BCUT2D eigenvalue weighted by molar-refractivity contribution is 5.81. The monoisotopic (exact) mass is 260 g/mol. The molecule has 5 heteroatoms. The minimum Gasteiger partial charge on any atom is -0.508 e. The predicted octanol–water partition coefficient (Wildman–Crippen LogP) is 1.03. The van der Waals surface area contributed by atoms with Gasteiger partial charge in [0.1, 0.15) is 11.3 Å². The van der Waals surface area contributed by atoms with Gasteiger partial charge in [-0.05, 0) is 24.1 Å². The first-order valence-electron chi connectivity index (χ1n) is 6.35. The maximum absolute atomic E-state index is 11.6. The van der Waals surface area contributed by atoms with Crippen molar-refractivity contribution in [3.63, 3.8) is 0 Å². The first kappa shape index (κ1) is 12.2. The van der Waals surface area contributed by atoms with Gasteiger partial charge in [0.25, 0.3) is 0 Å². The Bertz CT molecular complexity index is 665. The third kappa shape index (κ3) is 2.47. The van der Waals surface area contributed by atoms with Crippen LogP contribution in [0.15, 0.2) is 33.5 Å². The van der Waals surface area contributed by atoms with Gasteiger partial charge in [-0.3, -0.25) is 4.90 Å². The Hall–Kier alpha value is -1.85. The molecule has 3 rings (SSSR count). The van der Waals surface area contributed by atoms with E-state index < -0.39 is 5.63 Å². The SMILES string of the molecule is N[C@H]1CCN(Cc2cc(=O)oc3cc(O)ccc23)C1. The minimum absolute atomic E-state index is 0.0935. The molecular weight excluding hydrogens is 244 g/mol. The van der Waals surface area contributed by atoms with Gasteiger partial charge in [0.2, 0.25) is 0 Å². The van der Waals surface area contributed by atoms with Gasteiger partial charge in [-0.1, -0.05) is 0 Å². The molecule has 0 spiro atoms. The van der Waals surface area contributed by atoms with Gasteiger partial charge in [0.05, 0.1) is 0 Å². The van der Waals surface area contributed by atoms with E-state index in [1.54, 1.807) is 12.1 Å². The van der Waals surface area contributed by atoms with Crippen LogP contribution in [0.5, 0.6) is 5.75 Å². The fourth-order valence-electron chi connectivity index (χ4n) is 2.60. The smallest absolute Gasteiger partial charge is 0.336 e. The van der Waals surface area contributed by atoms with Crippen molar-refractivity contribution in [3.8, 4) is 5.75 Å². The summed E-state index contributed by atoms with van der Waals surface area (Å²) in [4.78, 5) is 13.8. The molecule has 1 aliphatic heterocycles. The highest BCUT2D eigenvalue weighted by Crippen LogP contribution is 2.23. The van der Waals surface area contributed by atoms with Gasteiger partial charge in [0.15, 0.2) is 0 Å². The molecule has 1 saturated heterocycles. The summed E-state index contributed by atoms with van der Waals surface area (Å²) in [6, 6.07) is 6.58. The lowest BCUT2D eigenvalue weighted by Crippen LogP contribution is -2.26. The maximum atomic E-state index is 11.6. The molecule has 0 saturated carbocycles. The lowest BCUT2D eigenvalue weighted by atomic mass is 10.1. The fourth-order valence-corrected chi connectivity index (χ4v) is 2.60. The molecule has 1 atom stereocenters. The zero-order valence-electron chi connectivity index (χ0n) is 10.5. The number of nitrogens with two attached hydrogens (primary N) is 1. The molecule has 0 aliphatic carbocycles. The summed E-state index contributed by atoms with van der Waals surface area (Å²) in [5.74, 6) is 0.0935. The Morgan fingerprint density at radius 1 is 1.42 bits per heavy atom. The van der Waals surface area contributed by atoms with Crippen molar-refractivity contribution in [2.45, 2.75) is 19.0 Å². The number of benzene rings is 1. The molecule has 100 valence electrons. The van der Waals surface area contributed by atoms with E-state index in [4.69, 9.17) is 10.2 Å². The number of hydrogen-bond donors (Lipinski definition) is 2. The zero-order chi connectivity index (χ0) is 13.4. The van der Waals surface area contributed by atoms with Crippen molar-refractivity contribution in [2.75, 3.05) is 13.1 Å². The number of aromatic hydroxyl groups is 1. The van der Waals surface area contributed by atoms with Crippen molar-refractivity contribution in [1.29, 1.82) is 0 Å². The number of rotatable bonds is 2. The van der Waals surface area contributed by atoms with Gasteiger partial charge >= 0.3 is 5.63 Å². The molecule has 3 N–H and O–H groups in total. The molecule has 0 bridgehead atoms. The van der Waals surface area contributed by atoms with E-state index in [9.17, 15) is 9.90 Å². The van der Waals surface area contributed by atoms with E-state index >= 15 is 0 Å². The first-order valence-corrected chi connectivity index (χ1v) is 6.35. The van der Waals surface area contributed by atoms with Crippen LogP contribution >= 0.6 is 0 Å². The summed E-state index contributed by atoms with van der Waals surface area (Å²) >= 11 is 0. The normalized spacial score (nSPS) is 20.2. The Labute approximate surface area is 110 Å². The van der Waals surface area contributed by atoms with Crippen LogP contribution in [-0.4, -0.2) is 29.1 Å². The van der Waals surface area contributed by atoms with Crippen LogP contribution in [0.25, 0.3) is 11.0 Å². The van der Waals surface area contributed by atoms with E-state index in [1.165, 1.54) is 12.1 Å². The number of phenols is 1. The molecule has 19 heavy (non-hydrogen) atoms. The average Bonchev–Trinajstić information content (AvgIpc) is 2.74. The van der Waals surface area contributed by atoms with E-state index in [1.807, 2.05) is 0 Å². The summed E-state index contributed by atoms with van der Waals surface area (Å²) in [6.45, 7) is 2.47. The lowest BCUT2D eigenvalue weighted by molar-refractivity contribution is 0.327. The Morgan fingerprint density at radius 2 is 2.26 bits per heavy atom. The van der Waals surface area contributed by atoms with Gasteiger partial charge in [-0.15, -0.1) is 0 Å². The lowest BCUT2D eigenvalue weighted by Gasteiger charge is -2.16. The van der Waals surface area contributed by atoms with Crippen molar-refractivity contribution in [2.24, 2.45) is 5.73 Å². The number of fused-ring (bicyclic) bond motifs is 1. The summed E-state index contributed by atoms with van der Waals surface area (Å²) in [7, 11) is 0. The molecule has 1 fully saturated rings. The molecule has 5 nitrogen and oxygen atoms in total. The van der Waals surface area contributed by atoms with Gasteiger partial charge in [0, 0.05) is 43.2 Å². The third-order valence-electron chi connectivity index (χ3n) is 3.52. The van der Waals surface area contributed by atoms with E-state index in [0.29, 0.717) is 12.1 Å². The topological polar surface area (TPSA) is 79.7 Å². The zero-order valence-corrected chi connectivity index (χ0v) is 10.5. The Kier molecular flexibility index (Phi) is 3.00. The van der Waals surface area contributed by atoms with Crippen molar-refractivity contribution in [3.05, 3.63) is 40.2 Å². The second-order valence-corrected chi connectivity index (χ2v) is 5.06. The molecule has 0 amide bonds. The maximum Gasteiger partial charge on any atom is 0.336 e. The molecule has 1 aromatic carbocycles. The first-order chi connectivity index (χ1) is 9.11. The van der Waals surface area contributed by atoms with Crippen LogP contribution in [0.1, 0.15) is 12.0 Å². The standard InChI is InChI=1S/C14H16N2O3/c15-10-3-4-16(8-10)7-9-5-14(18)19-13-6-11(17)1-2-12(9)13/h1-2,5-6,10,17H,3-4,7-8,15H2/t10-/m0/s1. The van der Waals surface area contributed by atoms with Crippen LogP contribution < -0.4 is 11.4 Å². The molecular formula is C14H16N2O3. The van der Waals surface area contributed by atoms with Gasteiger partial charge in [-0.25, -0.2) is 4.79 Å². The summed E-state index contributed by atoms with van der Waals surface area (Å²) < 4.78 is 5.11. The molecule has 0 radical (unpaired) electrons. The average molecular weight is 260 g/mol. The van der Waals surface area contributed by atoms with Crippen LogP contribution in [-0.2, 0) is 6.54 Å². The summed E-state index contributed by atoms with van der Waals surface area (Å²) in [5.41, 5.74) is 6.83. The van der Waals surface area contributed by atoms with E-state index in [-0.39, 0.29) is 11.8 Å². The number of phenolic OH excluding ortho intramolecular Hbond substituents is 1. The third-order valence-corrected chi connectivity index (χ3v) is 3.52. The van der Waals surface area contributed by atoms with Crippen LogP contribution in [0.4, 0.5) is 0 Å². The molecule has 0 unspecified atom stereocenters. The van der Waals surface area contributed by atoms with E-state index in [2.05, 4.69) is 4.90 Å². The van der Waals surface area contributed by atoms with Crippen molar-refractivity contribution >= 4 is 11.0 Å². The van der Waals surface area contributed by atoms with E-state index in [0.717, 1.165) is 30.5 Å². The number of hydrogen-bond acceptors (Lipinski definition) is 5. The van der Waals surface area contributed by atoms with Crippen LogP contribution in [0.3, 0.4) is 0 Å². The number of nitrogens with zero attached hydrogens (tertiary/aromatic N) is 1. The molecule has 1 aliphatic rings. The van der Waals surface area contributed by atoms with Gasteiger partial charge < -0.3 is 15.3 Å². The van der Waals surface area contributed by atoms with Crippen molar-refractivity contribution < 1.29 is 9.52 Å². The summed E-state index contributed by atoms with van der Waals surface area (Å²) in [6.07, 6.45) is 0.986. The van der Waals surface area contributed by atoms with Gasteiger partial charge in [-0.2, -0.15) is 0 Å². The number of likely N-dealkylation sites (tertiary alicyclic amines) is 1. The largest absolute Gasteiger partial charge is 0.508 e. The molecule has 2 heterocycles. The van der Waals surface area contributed by atoms with Crippen LogP contribution in [0.2, 0.25) is 0 Å². The highest BCUT2D eigenvalue weighted by atomic mass is 16.4. The second-order valence-electron chi connectivity index (χ2n) is 5.06. The Balaban J connectivity index is 2.00.